The average molecular weight is 233 g/mol. The molecule has 0 saturated heterocycles. The predicted molar refractivity (Wildman–Crippen MR) is 69.3 cm³/mol. The van der Waals surface area contributed by atoms with Gasteiger partial charge in [0.1, 0.15) is 11.5 Å². The molecular formula is C13H16FN3. The third kappa shape index (κ3) is 3.32. The van der Waals surface area contributed by atoms with Crippen molar-refractivity contribution in [1.29, 1.82) is 0 Å². The van der Waals surface area contributed by atoms with Crippen molar-refractivity contribution in [3.8, 4) is 0 Å². The summed E-state index contributed by atoms with van der Waals surface area (Å²) in [6.07, 6.45) is 4.86. The van der Waals surface area contributed by atoms with Crippen molar-refractivity contribution in [2.45, 2.75) is 13.5 Å². The van der Waals surface area contributed by atoms with Crippen molar-refractivity contribution in [2.75, 3.05) is 7.05 Å². The molecule has 0 spiro atoms. The summed E-state index contributed by atoms with van der Waals surface area (Å²) in [5, 5.41) is 0. The molecule has 0 fully saturated rings. The molecule has 0 aliphatic carbocycles. The molecule has 1 aromatic heterocycles. The fourth-order valence-electron chi connectivity index (χ4n) is 1.32. The Morgan fingerprint density at radius 3 is 2.82 bits per heavy atom. The Balaban J connectivity index is 3.22. The minimum absolute atomic E-state index is 0.264. The van der Waals surface area contributed by atoms with E-state index in [-0.39, 0.29) is 12.2 Å². The van der Waals surface area contributed by atoms with Gasteiger partial charge in [-0.1, -0.05) is 12.7 Å². The maximum Gasteiger partial charge on any atom is 0.149 e. The Hall–Kier alpha value is -1.81. The van der Waals surface area contributed by atoms with Gasteiger partial charge in [-0.25, -0.2) is 4.39 Å². The number of halogens is 1. The number of nitrogens with two attached hydrogens (primary N) is 1. The summed E-state index contributed by atoms with van der Waals surface area (Å²) >= 11 is 0. The van der Waals surface area contributed by atoms with Crippen LogP contribution in [0.2, 0.25) is 0 Å². The number of hydrogen-bond donors (Lipinski definition) is 1. The van der Waals surface area contributed by atoms with Gasteiger partial charge in [0.25, 0.3) is 0 Å². The van der Waals surface area contributed by atoms with Crippen molar-refractivity contribution in [1.82, 2.24) is 4.98 Å². The highest BCUT2D eigenvalue weighted by molar-refractivity contribution is 6.00. The van der Waals surface area contributed by atoms with E-state index in [0.29, 0.717) is 11.1 Å². The summed E-state index contributed by atoms with van der Waals surface area (Å²) in [5.41, 5.74) is 7.73. The number of hydrogen-bond acceptors (Lipinski definition) is 3. The topological polar surface area (TPSA) is 51.3 Å². The van der Waals surface area contributed by atoms with Crippen LogP contribution < -0.4 is 5.73 Å². The van der Waals surface area contributed by atoms with Gasteiger partial charge in [0.15, 0.2) is 0 Å². The summed E-state index contributed by atoms with van der Waals surface area (Å²) < 4.78 is 13.8. The van der Waals surface area contributed by atoms with Crippen LogP contribution >= 0.6 is 0 Å². The number of allylic oxidation sites excluding steroid dienone is 3. The van der Waals surface area contributed by atoms with E-state index in [4.69, 9.17) is 5.73 Å². The Morgan fingerprint density at radius 2 is 2.35 bits per heavy atom. The Labute approximate surface area is 101 Å². The smallest absolute Gasteiger partial charge is 0.149 e. The number of pyridine rings is 1. The van der Waals surface area contributed by atoms with E-state index < -0.39 is 5.82 Å². The molecule has 0 amide bonds. The second-order valence-corrected chi connectivity index (χ2v) is 3.55. The Morgan fingerprint density at radius 1 is 1.65 bits per heavy atom. The van der Waals surface area contributed by atoms with E-state index in [1.165, 1.54) is 6.07 Å². The normalized spacial score (nSPS) is 12.7. The van der Waals surface area contributed by atoms with Crippen LogP contribution in [0.15, 0.2) is 36.0 Å². The lowest BCUT2D eigenvalue weighted by Gasteiger charge is -2.05. The van der Waals surface area contributed by atoms with Crippen LogP contribution in [0, 0.1) is 5.82 Å². The Kier molecular flexibility index (Phi) is 4.72. The number of aliphatic imine (C=N–C) groups is 1. The van der Waals surface area contributed by atoms with Crippen LogP contribution in [0.3, 0.4) is 0 Å². The van der Waals surface area contributed by atoms with Gasteiger partial charge < -0.3 is 5.73 Å². The predicted octanol–water partition coefficient (Wildman–Crippen LogP) is 2.34. The highest BCUT2D eigenvalue weighted by Gasteiger charge is 2.08. The first kappa shape index (κ1) is 13.3. The summed E-state index contributed by atoms with van der Waals surface area (Å²) in [5.74, 6) is -0.400. The van der Waals surface area contributed by atoms with Crippen molar-refractivity contribution in [3.05, 3.63) is 48.1 Å². The summed E-state index contributed by atoms with van der Waals surface area (Å²) in [6.45, 7) is 5.75. The van der Waals surface area contributed by atoms with Gasteiger partial charge in [-0.15, -0.1) is 0 Å². The summed E-state index contributed by atoms with van der Waals surface area (Å²) in [4.78, 5) is 8.05. The minimum Gasteiger partial charge on any atom is -0.326 e. The Bertz CT molecular complexity index is 476. The van der Waals surface area contributed by atoms with Gasteiger partial charge in [0.2, 0.25) is 0 Å². The fraction of sp³-hybridized carbons (Fsp3) is 0.231. The summed E-state index contributed by atoms with van der Waals surface area (Å²) in [6, 6.07) is 1.39. The number of aromatic nitrogens is 1. The largest absolute Gasteiger partial charge is 0.326 e. The zero-order valence-electron chi connectivity index (χ0n) is 10.1. The van der Waals surface area contributed by atoms with Gasteiger partial charge in [-0.2, -0.15) is 0 Å². The maximum atomic E-state index is 13.8. The minimum atomic E-state index is -0.400. The quantitative estimate of drug-likeness (QED) is 0.641. The molecular weight excluding hydrogens is 217 g/mol. The van der Waals surface area contributed by atoms with Gasteiger partial charge in [0, 0.05) is 31.1 Å². The van der Waals surface area contributed by atoms with E-state index in [1.54, 1.807) is 25.4 Å². The monoisotopic (exact) mass is 233 g/mol. The van der Waals surface area contributed by atoms with E-state index in [1.807, 2.05) is 6.92 Å². The molecule has 1 heterocycles. The molecule has 3 nitrogen and oxygen atoms in total. The van der Waals surface area contributed by atoms with E-state index >= 15 is 0 Å². The molecule has 90 valence electrons. The molecule has 1 rings (SSSR count). The van der Waals surface area contributed by atoms with Gasteiger partial charge in [-0.3, -0.25) is 9.98 Å². The first-order valence-corrected chi connectivity index (χ1v) is 5.24. The van der Waals surface area contributed by atoms with E-state index in [9.17, 15) is 4.39 Å². The average Bonchev–Trinajstić information content (AvgIpc) is 2.35. The fourth-order valence-corrected chi connectivity index (χ4v) is 1.32. The van der Waals surface area contributed by atoms with Gasteiger partial charge in [-0.05, 0) is 24.6 Å². The lowest BCUT2D eigenvalue weighted by Crippen LogP contribution is -2.01. The van der Waals surface area contributed by atoms with Crippen molar-refractivity contribution >= 4 is 11.3 Å². The molecule has 1 aromatic rings. The standard InChI is InChI=1S/C13H16FN3/c1-4-11(5-9(2)16-3)13-12(14)6-10(7-15)8-17-13/h4-6,8H,1,7,15H2,2-3H3/b11-5+,16-9?. The van der Waals surface area contributed by atoms with Crippen LogP contribution in [0.5, 0.6) is 0 Å². The molecule has 2 N–H and O–H groups in total. The van der Waals surface area contributed by atoms with E-state index in [0.717, 1.165) is 5.71 Å². The first-order chi connectivity index (χ1) is 8.12. The SMILES string of the molecule is C=C/C(=C\C(C)=NC)c1ncc(CN)cc1F. The zero-order chi connectivity index (χ0) is 12.8. The van der Waals surface area contributed by atoms with Crippen LogP contribution in [-0.4, -0.2) is 17.7 Å². The molecule has 0 aliphatic heterocycles. The number of rotatable bonds is 4. The molecule has 17 heavy (non-hydrogen) atoms. The maximum absolute atomic E-state index is 13.8. The van der Waals surface area contributed by atoms with Crippen LogP contribution in [0.4, 0.5) is 4.39 Å². The second kappa shape index (κ2) is 6.06. The van der Waals surface area contributed by atoms with Crippen molar-refractivity contribution < 1.29 is 4.39 Å². The lowest BCUT2D eigenvalue weighted by molar-refractivity contribution is 0.614. The van der Waals surface area contributed by atoms with Crippen molar-refractivity contribution in [3.63, 3.8) is 0 Å². The van der Waals surface area contributed by atoms with Gasteiger partial charge >= 0.3 is 0 Å². The third-order valence-corrected chi connectivity index (χ3v) is 2.34. The van der Waals surface area contributed by atoms with Crippen LogP contribution in [0.25, 0.3) is 5.57 Å². The molecule has 0 bridgehead atoms. The van der Waals surface area contributed by atoms with Crippen LogP contribution in [0.1, 0.15) is 18.2 Å². The molecule has 4 heteroatoms. The van der Waals surface area contributed by atoms with E-state index in [2.05, 4.69) is 16.6 Å². The zero-order valence-corrected chi connectivity index (χ0v) is 10.1. The van der Waals surface area contributed by atoms with Crippen molar-refractivity contribution in [2.24, 2.45) is 10.7 Å². The lowest BCUT2D eigenvalue weighted by atomic mass is 10.1. The highest BCUT2D eigenvalue weighted by Crippen LogP contribution is 2.17. The molecule has 0 aromatic carbocycles. The molecule has 0 atom stereocenters. The molecule has 0 saturated carbocycles. The highest BCUT2D eigenvalue weighted by atomic mass is 19.1. The molecule has 0 radical (unpaired) electrons. The first-order valence-electron chi connectivity index (χ1n) is 5.24. The molecule has 0 unspecified atom stereocenters. The van der Waals surface area contributed by atoms with Gasteiger partial charge in [0.05, 0.1) is 0 Å². The third-order valence-electron chi connectivity index (χ3n) is 2.34. The second-order valence-electron chi connectivity index (χ2n) is 3.55. The summed E-state index contributed by atoms with van der Waals surface area (Å²) in [7, 11) is 1.67. The number of nitrogens with zero attached hydrogens (tertiary/aromatic N) is 2. The van der Waals surface area contributed by atoms with Crippen LogP contribution in [-0.2, 0) is 6.54 Å². The molecule has 0 aliphatic rings.